The summed E-state index contributed by atoms with van der Waals surface area (Å²) in [4.78, 5) is 36.3. The first-order valence-electron chi connectivity index (χ1n) is 9.01. The van der Waals surface area contributed by atoms with E-state index in [1.165, 1.54) is 11.3 Å². The van der Waals surface area contributed by atoms with Crippen LogP contribution in [0.5, 0.6) is 0 Å². The van der Waals surface area contributed by atoms with Crippen LogP contribution < -0.4 is 0 Å². The molecule has 0 spiro atoms. The van der Waals surface area contributed by atoms with E-state index in [0.29, 0.717) is 38.2 Å². The van der Waals surface area contributed by atoms with Crippen LogP contribution in [0.15, 0.2) is 36.1 Å². The maximum atomic E-state index is 13.2. The summed E-state index contributed by atoms with van der Waals surface area (Å²) >= 11 is 1.50. The summed E-state index contributed by atoms with van der Waals surface area (Å²) < 4.78 is 7.05. The van der Waals surface area contributed by atoms with Gasteiger partial charge >= 0.3 is 5.97 Å². The fraction of sp³-hybridized carbons (Fsp3) is 0.368. The summed E-state index contributed by atoms with van der Waals surface area (Å²) in [6, 6.07) is 3.76. The van der Waals surface area contributed by atoms with E-state index in [1.807, 2.05) is 35.0 Å². The summed E-state index contributed by atoms with van der Waals surface area (Å²) in [7, 11) is 0. The number of aromatic nitrogens is 3. The van der Waals surface area contributed by atoms with Crippen molar-refractivity contribution in [3.63, 3.8) is 0 Å². The first-order chi connectivity index (χ1) is 13.2. The number of piperidine rings is 1. The molecular weight excluding hydrogens is 364 g/mol. The maximum Gasteiger partial charge on any atom is 0.309 e. The fourth-order valence-electron chi connectivity index (χ4n) is 3.45. The highest BCUT2D eigenvalue weighted by atomic mass is 32.1. The zero-order chi connectivity index (χ0) is 18.8. The lowest BCUT2D eigenvalue weighted by molar-refractivity contribution is -0.149. The van der Waals surface area contributed by atoms with Gasteiger partial charge < -0.3 is 9.64 Å². The van der Waals surface area contributed by atoms with Crippen molar-refractivity contribution in [3.05, 3.63) is 41.8 Å². The molecule has 140 valence electrons. The molecule has 3 aromatic rings. The van der Waals surface area contributed by atoms with Gasteiger partial charge in [0.05, 0.1) is 18.2 Å². The van der Waals surface area contributed by atoms with Gasteiger partial charge in [0.25, 0.3) is 5.91 Å². The SMILES string of the molecule is CCOC(=O)C1CCN(C(=O)c2nc3sccn3c2-c2ccncc2)CC1. The normalized spacial score (nSPS) is 15.2. The van der Waals surface area contributed by atoms with Crippen LogP contribution in [0.25, 0.3) is 16.2 Å². The molecule has 4 heterocycles. The molecule has 0 radical (unpaired) electrons. The van der Waals surface area contributed by atoms with E-state index in [1.54, 1.807) is 17.3 Å². The van der Waals surface area contributed by atoms with Gasteiger partial charge in [0.1, 0.15) is 0 Å². The van der Waals surface area contributed by atoms with Gasteiger partial charge in [0.2, 0.25) is 0 Å². The molecule has 0 atom stereocenters. The smallest absolute Gasteiger partial charge is 0.309 e. The number of hydrogen-bond acceptors (Lipinski definition) is 6. The minimum Gasteiger partial charge on any atom is -0.466 e. The third-order valence-corrected chi connectivity index (χ3v) is 5.58. The number of rotatable bonds is 4. The Bertz CT molecular complexity index is 958. The standard InChI is InChI=1S/C19H20N4O3S/c1-2-26-18(25)14-5-9-22(10-6-14)17(24)15-16(13-3-7-20-8-4-13)23-11-12-27-19(23)21-15/h3-4,7-8,11-12,14H,2,5-6,9-10H2,1H3. The molecule has 1 fully saturated rings. The molecule has 4 rings (SSSR count). The molecule has 0 aromatic carbocycles. The van der Waals surface area contributed by atoms with Crippen LogP contribution in [0.3, 0.4) is 0 Å². The molecule has 3 aromatic heterocycles. The Morgan fingerprint density at radius 3 is 2.70 bits per heavy atom. The monoisotopic (exact) mass is 384 g/mol. The molecular formula is C19H20N4O3S. The molecule has 1 aliphatic heterocycles. The Morgan fingerprint density at radius 2 is 2.00 bits per heavy atom. The molecule has 0 N–H and O–H groups in total. The largest absolute Gasteiger partial charge is 0.466 e. The Hall–Kier alpha value is -2.74. The zero-order valence-electron chi connectivity index (χ0n) is 15.0. The summed E-state index contributed by atoms with van der Waals surface area (Å²) in [5, 5.41) is 1.95. The van der Waals surface area contributed by atoms with Gasteiger partial charge in [-0.05, 0) is 31.9 Å². The van der Waals surface area contributed by atoms with Gasteiger partial charge in [-0.1, -0.05) is 0 Å². The third kappa shape index (κ3) is 3.32. The van der Waals surface area contributed by atoms with Crippen molar-refractivity contribution >= 4 is 28.2 Å². The molecule has 1 aliphatic rings. The minimum absolute atomic E-state index is 0.0972. The second kappa shape index (κ2) is 7.48. The second-order valence-corrected chi connectivity index (χ2v) is 7.29. The van der Waals surface area contributed by atoms with E-state index >= 15 is 0 Å². The Balaban J connectivity index is 1.59. The van der Waals surface area contributed by atoms with Gasteiger partial charge in [-0.2, -0.15) is 0 Å². The van der Waals surface area contributed by atoms with Gasteiger partial charge in [0, 0.05) is 42.6 Å². The maximum absolute atomic E-state index is 13.2. The van der Waals surface area contributed by atoms with Crippen molar-refractivity contribution in [1.29, 1.82) is 0 Å². The van der Waals surface area contributed by atoms with Gasteiger partial charge in [-0.3, -0.25) is 19.0 Å². The number of thiazole rings is 1. The lowest BCUT2D eigenvalue weighted by Gasteiger charge is -2.30. The molecule has 8 heteroatoms. The van der Waals surface area contributed by atoms with Gasteiger partial charge in [-0.25, -0.2) is 4.98 Å². The Morgan fingerprint density at radius 1 is 1.26 bits per heavy atom. The van der Waals surface area contributed by atoms with Crippen molar-refractivity contribution in [2.75, 3.05) is 19.7 Å². The molecule has 0 unspecified atom stereocenters. The van der Waals surface area contributed by atoms with Crippen molar-refractivity contribution in [2.24, 2.45) is 5.92 Å². The highest BCUT2D eigenvalue weighted by molar-refractivity contribution is 7.15. The topological polar surface area (TPSA) is 76.8 Å². The van der Waals surface area contributed by atoms with Crippen molar-refractivity contribution in [1.82, 2.24) is 19.3 Å². The summed E-state index contributed by atoms with van der Waals surface area (Å²) in [6.45, 7) is 3.26. The van der Waals surface area contributed by atoms with E-state index < -0.39 is 0 Å². The predicted molar refractivity (Wildman–Crippen MR) is 102 cm³/mol. The van der Waals surface area contributed by atoms with Crippen LogP contribution in [0, 0.1) is 5.92 Å². The van der Waals surface area contributed by atoms with Crippen LogP contribution in [0.4, 0.5) is 0 Å². The first kappa shape index (κ1) is 17.7. The number of carbonyl (C=O) groups is 2. The third-order valence-electron chi connectivity index (χ3n) is 4.82. The second-order valence-electron chi connectivity index (χ2n) is 6.42. The number of carbonyl (C=O) groups excluding carboxylic acids is 2. The lowest BCUT2D eigenvalue weighted by atomic mass is 9.96. The lowest BCUT2D eigenvalue weighted by Crippen LogP contribution is -2.41. The van der Waals surface area contributed by atoms with Crippen LogP contribution in [-0.2, 0) is 9.53 Å². The summed E-state index contributed by atoms with van der Waals surface area (Å²) in [5.41, 5.74) is 2.13. The molecule has 1 amide bonds. The number of imidazole rings is 1. The van der Waals surface area contributed by atoms with Crippen molar-refractivity contribution in [3.8, 4) is 11.3 Å². The summed E-state index contributed by atoms with van der Waals surface area (Å²) in [5.74, 6) is -0.385. The Labute approximate surface area is 160 Å². The highest BCUT2D eigenvalue weighted by Gasteiger charge is 2.31. The van der Waals surface area contributed by atoms with Gasteiger partial charge in [0.15, 0.2) is 10.7 Å². The van der Waals surface area contributed by atoms with E-state index in [2.05, 4.69) is 9.97 Å². The number of hydrogen-bond donors (Lipinski definition) is 0. The van der Waals surface area contributed by atoms with E-state index in [0.717, 1.165) is 16.2 Å². The molecule has 27 heavy (non-hydrogen) atoms. The van der Waals surface area contributed by atoms with Crippen LogP contribution >= 0.6 is 11.3 Å². The average molecular weight is 384 g/mol. The number of nitrogens with zero attached hydrogens (tertiary/aromatic N) is 4. The molecule has 1 saturated heterocycles. The van der Waals surface area contributed by atoms with Crippen molar-refractivity contribution < 1.29 is 14.3 Å². The highest BCUT2D eigenvalue weighted by Crippen LogP contribution is 2.29. The first-order valence-corrected chi connectivity index (χ1v) is 9.89. The van der Waals surface area contributed by atoms with Gasteiger partial charge in [-0.15, -0.1) is 11.3 Å². The number of fused-ring (bicyclic) bond motifs is 1. The number of amides is 1. The number of pyridine rings is 1. The summed E-state index contributed by atoms with van der Waals surface area (Å²) in [6.07, 6.45) is 6.58. The molecule has 0 saturated carbocycles. The van der Waals surface area contributed by atoms with Crippen LogP contribution in [0.2, 0.25) is 0 Å². The quantitative estimate of drug-likeness (QED) is 0.647. The van der Waals surface area contributed by atoms with E-state index in [-0.39, 0.29) is 17.8 Å². The predicted octanol–water partition coefficient (Wildman–Crippen LogP) is 2.87. The van der Waals surface area contributed by atoms with E-state index in [4.69, 9.17) is 4.74 Å². The van der Waals surface area contributed by atoms with E-state index in [9.17, 15) is 9.59 Å². The zero-order valence-corrected chi connectivity index (χ0v) is 15.8. The molecule has 7 nitrogen and oxygen atoms in total. The minimum atomic E-state index is -0.162. The van der Waals surface area contributed by atoms with Crippen LogP contribution in [-0.4, -0.2) is 50.8 Å². The average Bonchev–Trinajstić information content (AvgIpc) is 3.29. The van der Waals surface area contributed by atoms with Crippen LogP contribution in [0.1, 0.15) is 30.3 Å². The Kier molecular flexibility index (Phi) is 4.89. The number of ether oxygens (including phenoxy) is 1. The fourth-order valence-corrected chi connectivity index (χ4v) is 4.16. The number of esters is 1. The number of likely N-dealkylation sites (tertiary alicyclic amines) is 1. The molecule has 0 aliphatic carbocycles. The van der Waals surface area contributed by atoms with Crippen molar-refractivity contribution in [2.45, 2.75) is 19.8 Å². The molecule has 0 bridgehead atoms.